The van der Waals surface area contributed by atoms with E-state index in [1.54, 1.807) is 45.0 Å². The second-order valence-electron chi connectivity index (χ2n) is 4.97. The molecule has 0 spiro atoms. The van der Waals surface area contributed by atoms with E-state index in [1.165, 1.54) is 0 Å². The fourth-order valence-electron chi connectivity index (χ4n) is 1.33. The molecule has 0 bridgehead atoms. The number of nitrogens with one attached hydrogen (secondary N) is 1. The molecule has 0 aromatic heterocycles. The molecule has 0 fully saturated rings. The Labute approximate surface area is 106 Å². The highest BCUT2D eigenvalue weighted by Gasteiger charge is 2.16. The monoisotopic (exact) mass is 250 g/mol. The summed E-state index contributed by atoms with van der Waals surface area (Å²) in [7, 11) is 0. The summed E-state index contributed by atoms with van der Waals surface area (Å²) in [4.78, 5) is 22.2. The first kappa shape index (κ1) is 14.0. The van der Waals surface area contributed by atoms with Crippen molar-refractivity contribution < 1.29 is 14.3 Å². The summed E-state index contributed by atoms with van der Waals surface area (Å²) in [6, 6.07) is 6.86. The van der Waals surface area contributed by atoms with Crippen LogP contribution in [0.4, 0.5) is 10.5 Å². The molecule has 5 nitrogen and oxygen atoms in total. The summed E-state index contributed by atoms with van der Waals surface area (Å²) in [5.41, 5.74) is 5.96. The first-order chi connectivity index (χ1) is 8.26. The lowest BCUT2D eigenvalue weighted by Crippen LogP contribution is -2.27. The Hall–Kier alpha value is -2.04. The normalized spacial score (nSPS) is 10.8. The van der Waals surface area contributed by atoms with Crippen molar-refractivity contribution in [1.29, 1.82) is 0 Å². The van der Waals surface area contributed by atoms with Gasteiger partial charge in [0.25, 0.3) is 0 Å². The van der Waals surface area contributed by atoms with E-state index in [4.69, 9.17) is 10.5 Å². The van der Waals surface area contributed by atoms with Crippen molar-refractivity contribution in [3.05, 3.63) is 29.8 Å². The number of anilines is 1. The Balaban J connectivity index is 2.58. The van der Waals surface area contributed by atoms with Crippen molar-refractivity contribution in [3.8, 4) is 0 Å². The summed E-state index contributed by atoms with van der Waals surface area (Å²) in [5, 5.41) is 2.60. The molecule has 0 saturated carbocycles. The number of hydrogen-bond donors (Lipinski definition) is 2. The Morgan fingerprint density at radius 1 is 1.22 bits per heavy atom. The van der Waals surface area contributed by atoms with Crippen LogP contribution in [0.2, 0.25) is 0 Å². The Bertz CT molecular complexity index is 433. The van der Waals surface area contributed by atoms with Crippen LogP contribution in [0, 0.1) is 0 Å². The first-order valence-electron chi connectivity index (χ1n) is 5.63. The zero-order chi connectivity index (χ0) is 13.8. The van der Waals surface area contributed by atoms with Crippen LogP contribution in [0.15, 0.2) is 24.3 Å². The van der Waals surface area contributed by atoms with E-state index in [0.29, 0.717) is 5.69 Å². The van der Waals surface area contributed by atoms with Gasteiger partial charge in [-0.1, -0.05) is 12.1 Å². The van der Waals surface area contributed by atoms with Crippen molar-refractivity contribution in [2.75, 3.05) is 5.32 Å². The second kappa shape index (κ2) is 5.53. The fraction of sp³-hybridized carbons (Fsp3) is 0.385. The van der Waals surface area contributed by atoms with Crippen molar-refractivity contribution in [2.24, 2.45) is 5.73 Å². The molecule has 2 amide bonds. The van der Waals surface area contributed by atoms with Crippen LogP contribution in [0.1, 0.15) is 26.3 Å². The van der Waals surface area contributed by atoms with Gasteiger partial charge in [-0.25, -0.2) is 4.79 Å². The summed E-state index contributed by atoms with van der Waals surface area (Å²) < 4.78 is 5.11. The molecule has 0 unspecified atom stereocenters. The van der Waals surface area contributed by atoms with E-state index in [-0.39, 0.29) is 12.3 Å². The molecule has 0 heterocycles. The van der Waals surface area contributed by atoms with Crippen LogP contribution < -0.4 is 11.1 Å². The molecule has 98 valence electrons. The van der Waals surface area contributed by atoms with Gasteiger partial charge in [0.05, 0.1) is 6.42 Å². The van der Waals surface area contributed by atoms with Crippen LogP contribution >= 0.6 is 0 Å². The number of ether oxygens (including phenoxy) is 1. The highest BCUT2D eigenvalue weighted by atomic mass is 16.6. The largest absolute Gasteiger partial charge is 0.444 e. The fourth-order valence-corrected chi connectivity index (χ4v) is 1.33. The third-order valence-electron chi connectivity index (χ3n) is 1.98. The number of nitrogens with two attached hydrogens (primary N) is 1. The molecule has 0 atom stereocenters. The Morgan fingerprint density at radius 2 is 1.78 bits per heavy atom. The van der Waals surface area contributed by atoms with E-state index >= 15 is 0 Å². The van der Waals surface area contributed by atoms with Gasteiger partial charge in [-0.3, -0.25) is 10.1 Å². The van der Waals surface area contributed by atoms with E-state index in [2.05, 4.69) is 5.32 Å². The summed E-state index contributed by atoms with van der Waals surface area (Å²) in [6.07, 6.45) is -0.322. The molecule has 5 heteroatoms. The standard InChI is InChI=1S/C13H18N2O3/c1-13(2,3)18-12(17)15-10-6-4-9(5-7-10)8-11(14)16/h4-7H,8H2,1-3H3,(H2,14,16)(H,15,17). The second-order valence-corrected chi connectivity index (χ2v) is 4.97. The SMILES string of the molecule is CC(C)(C)OC(=O)Nc1ccc(CC(N)=O)cc1. The van der Waals surface area contributed by atoms with Crippen molar-refractivity contribution >= 4 is 17.7 Å². The average molecular weight is 250 g/mol. The van der Waals surface area contributed by atoms with Gasteiger partial charge in [-0.2, -0.15) is 0 Å². The minimum Gasteiger partial charge on any atom is -0.444 e. The lowest BCUT2D eigenvalue weighted by atomic mass is 10.1. The maximum atomic E-state index is 11.5. The van der Waals surface area contributed by atoms with Gasteiger partial charge < -0.3 is 10.5 Å². The van der Waals surface area contributed by atoms with Gasteiger partial charge >= 0.3 is 6.09 Å². The molecule has 0 radical (unpaired) electrons. The number of amides is 2. The van der Waals surface area contributed by atoms with Gasteiger partial charge in [-0.15, -0.1) is 0 Å². The lowest BCUT2D eigenvalue weighted by Gasteiger charge is -2.19. The van der Waals surface area contributed by atoms with Gasteiger partial charge in [0.1, 0.15) is 5.60 Å². The van der Waals surface area contributed by atoms with E-state index in [0.717, 1.165) is 5.56 Å². The minimum atomic E-state index is -0.532. The number of rotatable bonds is 3. The topological polar surface area (TPSA) is 81.4 Å². The van der Waals surface area contributed by atoms with Crippen molar-refractivity contribution in [3.63, 3.8) is 0 Å². The predicted octanol–water partition coefficient (Wildman–Crippen LogP) is 2.06. The molecule has 3 N–H and O–H groups in total. The van der Waals surface area contributed by atoms with Crippen LogP contribution in [0.5, 0.6) is 0 Å². The van der Waals surface area contributed by atoms with Gasteiger partial charge in [-0.05, 0) is 38.5 Å². The number of benzene rings is 1. The third-order valence-corrected chi connectivity index (χ3v) is 1.98. The highest BCUT2D eigenvalue weighted by molar-refractivity contribution is 5.85. The van der Waals surface area contributed by atoms with Crippen LogP contribution in [-0.2, 0) is 16.0 Å². The first-order valence-corrected chi connectivity index (χ1v) is 5.63. The number of hydrogen-bond acceptors (Lipinski definition) is 3. The third kappa shape index (κ3) is 5.34. The van der Waals surface area contributed by atoms with Gasteiger partial charge in [0.2, 0.25) is 5.91 Å². The van der Waals surface area contributed by atoms with Gasteiger partial charge in [0, 0.05) is 5.69 Å². The molecule has 0 aliphatic carbocycles. The summed E-state index contributed by atoms with van der Waals surface area (Å²) in [5.74, 6) is -0.386. The Kier molecular flexibility index (Phi) is 4.31. The smallest absolute Gasteiger partial charge is 0.412 e. The molecule has 1 aromatic carbocycles. The maximum Gasteiger partial charge on any atom is 0.412 e. The molecule has 0 saturated heterocycles. The van der Waals surface area contributed by atoms with Crippen molar-refractivity contribution in [2.45, 2.75) is 32.8 Å². The Morgan fingerprint density at radius 3 is 2.22 bits per heavy atom. The van der Waals surface area contributed by atoms with Crippen LogP contribution in [0.25, 0.3) is 0 Å². The molecule has 18 heavy (non-hydrogen) atoms. The maximum absolute atomic E-state index is 11.5. The van der Waals surface area contributed by atoms with Crippen molar-refractivity contribution in [1.82, 2.24) is 0 Å². The summed E-state index contributed by atoms with van der Waals surface area (Å²) in [6.45, 7) is 5.38. The average Bonchev–Trinajstić information content (AvgIpc) is 2.17. The lowest BCUT2D eigenvalue weighted by molar-refractivity contribution is -0.117. The molecular formula is C13H18N2O3. The molecular weight excluding hydrogens is 232 g/mol. The zero-order valence-electron chi connectivity index (χ0n) is 10.8. The number of primary amides is 1. The molecule has 1 aromatic rings. The predicted molar refractivity (Wildman–Crippen MR) is 69.2 cm³/mol. The van der Waals surface area contributed by atoms with Gasteiger partial charge in [0.15, 0.2) is 0 Å². The number of carbonyl (C=O) groups excluding carboxylic acids is 2. The van der Waals surface area contributed by atoms with Crippen LogP contribution in [0.3, 0.4) is 0 Å². The summed E-state index contributed by atoms with van der Waals surface area (Å²) >= 11 is 0. The quantitative estimate of drug-likeness (QED) is 0.861. The van der Waals surface area contributed by atoms with E-state index in [1.807, 2.05) is 0 Å². The van der Waals surface area contributed by atoms with Crippen LogP contribution in [-0.4, -0.2) is 17.6 Å². The minimum absolute atomic E-state index is 0.187. The molecule has 0 aliphatic heterocycles. The molecule has 1 rings (SSSR count). The zero-order valence-corrected chi connectivity index (χ0v) is 10.8. The highest BCUT2D eigenvalue weighted by Crippen LogP contribution is 2.13. The van der Waals surface area contributed by atoms with E-state index < -0.39 is 11.7 Å². The molecule has 0 aliphatic rings. The number of carbonyl (C=O) groups is 2. The van der Waals surface area contributed by atoms with E-state index in [9.17, 15) is 9.59 Å².